The van der Waals surface area contributed by atoms with Crippen LogP contribution < -0.4 is 5.73 Å². The van der Waals surface area contributed by atoms with Crippen molar-refractivity contribution in [3.8, 4) is 5.88 Å². The van der Waals surface area contributed by atoms with Crippen LogP contribution in [-0.2, 0) is 4.79 Å². The van der Waals surface area contributed by atoms with Crippen LogP contribution in [0, 0.1) is 12.8 Å². The molecule has 3 aromatic rings. The Hall–Kier alpha value is -2.16. The number of hydrogen-bond acceptors (Lipinski definition) is 6. The van der Waals surface area contributed by atoms with Gasteiger partial charge in [0.25, 0.3) is 0 Å². The molecule has 142 valence electrons. The Morgan fingerprint density at radius 2 is 2.07 bits per heavy atom. The number of primary amides is 1. The molecule has 1 atom stereocenters. The molecule has 7 nitrogen and oxygen atoms in total. The number of hydrogen-bond donors (Lipinski definition) is 2. The predicted octanol–water partition coefficient (Wildman–Crippen LogP) is 2.74. The number of nitrogens with two attached hydrogens (primary N) is 1. The zero-order chi connectivity index (χ0) is 19.1. The minimum atomic E-state index is -0.249. The second-order valence-corrected chi connectivity index (χ2v) is 8.20. The summed E-state index contributed by atoms with van der Waals surface area (Å²) in [6.07, 6.45) is 1.38. The van der Waals surface area contributed by atoms with Gasteiger partial charge in [-0.15, -0.1) is 5.10 Å². The number of aromatic nitrogens is 3. The molecule has 0 radical (unpaired) electrons. The fourth-order valence-electron chi connectivity index (χ4n) is 3.67. The highest BCUT2D eigenvalue weighted by molar-refractivity contribution is 7.17. The highest BCUT2D eigenvalue weighted by atomic mass is 35.5. The SMILES string of the molecule is Cc1nc2sc([C@@H](c3ccccc3Cl)N3CCC(C(N)=O)CC3)c(O)n2n1. The lowest BCUT2D eigenvalue weighted by Crippen LogP contribution is -2.40. The smallest absolute Gasteiger partial charge is 0.230 e. The van der Waals surface area contributed by atoms with Crippen LogP contribution in [0.5, 0.6) is 5.88 Å². The molecule has 0 spiro atoms. The van der Waals surface area contributed by atoms with Gasteiger partial charge in [-0.25, -0.2) is 4.98 Å². The van der Waals surface area contributed by atoms with Gasteiger partial charge in [0.15, 0.2) is 0 Å². The lowest BCUT2D eigenvalue weighted by atomic mass is 9.93. The number of piperidine rings is 1. The molecule has 1 aliphatic rings. The molecule has 0 unspecified atom stereocenters. The highest BCUT2D eigenvalue weighted by Gasteiger charge is 2.34. The van der Waals surface area contributed by atoms with Gasteiger partial charge in [0.1, 0.15) is 5.82 Å². The van der Waals surface area contributed by atoms with Gasteiger partial charge >= 0.3 is 0 Å². The van der Waals surface area contributed by atoms with E-state index in [1.165, 1.54) is 15.9 Å². The zero-order valence-electron chi connectivity index (χ0n) is 14.8. The maximum atomic E-state index is 11.5. The number of halogens is 1. The maximum Gasteiger partial charge on any atom is 0.230 e. The third kappa shape index (κ3) is 3.28. The van der Waals surface area contributed by atoms with E-state index >= 15 is 0 Å². The number of carbonyl (C=O) groups excluding carboxylic acids is 1. The fourth-order valence-corrected chi connectivity index (χ4v) is 5.06. The average Bonchev–Trinajstić information content (AvgIpc) is 3.15. The number of thiazole rings is 1. The first-order valence-corrected chi connectivity index (χ1v) is 9.98. The van der Waals surface area contributed by atoms with Gasteiger partial charge in [-0.05, 0) is 44.5 Å². The molecule has 1 saturated heterocycles. The van der Waals surface area contributed by atoms with Gasteiger partial charge in [0, 0.05) is 10.9 Å². The van der Waals surface area contributed by atoms with Crippen molar-refractivity contribution in [2.45, 2.75) is 25.8 Å². The van der Waals surface area contributed by atoms with Gasteiger partial charge in [-0.1, -0.05) is 41.1 Å². The van der Waals surface area contributed by atoms with Gasteiger partial charge in [0.2, 0.25) is 16.7 Å². The molecular weight excluding hydrogens is 386 g/mol. The van der Waals surface area contributed by atoms with E-state index in [-0.39, 0.29) is 23.7 Å². The molecule has 2 aromatic heterocycles. The lowest BCUT2D eigenvalue weighted by Gasteiger charge is -2.36. The van der Waals surface area contributed by atoms with Crippen molar-refractivity contribution in [1.29, 1.82) is 0 Å². The molecule has 27 heavy (non-hydrogen) atoms. The van der Waals surface area contributed by atoms with Crippen molar-refractivity contribution in [2.24, 2.45) is 11.7 Å². The molecule has 3 heterocycles. The topological polar surface area (TPSA) is 96.8 Å². The van der Waals surface area contributed by atoms with E-state index < -0.39 is 0 Å². The largest absolute Gasteiger partial charge is 0.492 e. The number of likely N-dealkylation sites (tertiary alicyclic amines) is 1. The molecule has 4 rings (SSSR count). The van der Waals surface area contributed by atoms with E-state index in [9.17, 15) is 9.90 Å². The summed E-state index contributed by atoms with van der Waals surface area (Å²) in [5.74, 6) is 0.338. The molecule has 9 heteroatoms. The maximum absolute atomic E-state index is 11.5. The molecule has 1 amide bonds. The standard InChI is InChI=1S/C18H20ClN5O2S/c1-10-21-18-24(22-10)17(26)15(27-18)14(12-4-2-3-5-13(12)19)23-8-6-11(7-9-23)16(20)25/h2-5,11,14,26H,6-9H2,1H3,(H2,20,25)/t14-/m1/s1. The zero-order valence-corrected chi connectivity index (χ0v) is 16.4. The fraction of sp³-hybridized carbons (Fsp3) is 0.389. The van der Waals surface area contributed by atoms with Gasteiger partial charge < -0.3 is 10.8 Å². The number of carbonyl (C=O) groups is 1. The Morgan fingerprint density at radius 1 is 1.37 bits per heavy atom. The summed E-state index contributed by atoms with van der Waals surface area (Å²) in [5, 5.41) is 15.7. The van der Waals surface area contributed by atoms with Crippen LogP contribution in [0.25, 0.3) is 4.96 Å². The number of nitrogens with zero attached hydrogens (tertiary/aromatic N) is 4. The summed E-state index contributed by atoms with van der Waals surface area (Å²) in [6, 6.07) is 7.39. The quantitative estimate of drug-likeness (QED) is 0.695. The number of aryl methyl sites for hydroxylation is 1. The molecular formula is C18H20ClN5O2S. The van der Waals surface area contributed by atoms with Crippen molar-refractivity contribution in [3.63, 3.8) is 0 Å². The van der Waals surface area contributed by atoms with Crippen molar-refractivity contribution in [1.82, 2.24) is 19.5 Å². The predicted molar refractivity (Wildman–Crippen MR) is 104 cm³/mol. The van der Waals surface area contributed by atoms with Crippen LogP contribution in [0.2, 0.25) is 5.02 Å². The van der Waals surface area contributed by atoms with Crippen LogP contribution in [0.4, 0.5) is 0 Å². The molecule has 1 fully saturated rings. The highest BCUT2D eigenvalue weighted by Crippen LogP contribution is 2.43. The number of aromatic hydroxyl groups is 1. The van der Waals surface area contributed by atoms with Gasteiger partial charge in [-0.2, -0.15) is 4.52 Å². The van der Waals surface area contributed by atoms with E-state index in [4.69, 9.17) is 17.3 Å². The van der Waals surface area contributed by atoms with E-state index in [1.54, 1.807) is 6.92 Å². The monoisotopic (exact) mass is 405 g/mol. The van der Waals surface area contributed by atoms with Crippen molar-refractivity contribution >= 4 is 33.8 Å². The van der Waals surface area contributed by atoms with Crippen molar-refractivity contribution in [3.05, 3.63) is 45.6 Å². The number of benzene rings is 1. The van der Waals surface area contributed by atoms with Crippen LogP contribution in [-0.4, -0.2) is 43.6 Å². The first-order valence-electron chi connectivity index (χ1n) is 8.78. The Morgan fingerprint density at radius 3 is 2.70 bits per heavy atom. The molecule has 0 saturated carbocycles. The summed E-state index contributed by atoms with van der Waals surface area (Å²) in [7, 11) is 0. The summed E-state index contributed by atoms with van der Waals surface area (Å²) in [6.45, 7) is 3.17. The third-order valence-electron chi connectivity index (χ3n) is 5.05. The van der Waals surface area contributed by atoms with Crippen LogP contribution in [0.15, 0.2) is 24.3 Å². The van der Waals surface area contributed by atoms with Crippen LogP contribution in [0.3, 0.4) is 0 Å². The minimum absolute atomic E-state index is 0.0811. The Kier molecular flexibility index (Phi) is 4.79. The molecule has 0 bridgehead atoms. The van der Waals surface area contributed by atoms with E-state index in [0.717, 1.165) is 10.4 Å². The van der Waals surface area contributed by atoms with Crippen LogP contribution >= 0.6 is 22.9 Å². The molecule has 1 aromatic carbocycles. The number of fused-ring (bicyclic) bond motifs is 1. The van der Waals surface area contributed by atoms with E-state index in [0.29, 0.717) is 41.7 Å². The Balaban J connectivity index is 1.77. The normalized spacial score (nSPS) is 17.4. The molecule has 0 aliphatic carbocycles. The summed E-state index contributed by atoms with van der Waals surface area (Å²) in [4.78, 5) is 19.5. The first kappa shape index (κ1) is 18.2. The lowest BCUT2D eigenvalue weighted by molar-refractivity contribution is -0.123. The first-order chi connectivity index (χ1) is 13.0. The third-order valence-corrected chi connectivity index (χ3v) is 6.47. The summed E-state index contributed by atoms with van der Waals surface area (Å²) >= 11 is 7.91. The van der Waals surface area contributed by atoms with Crippen molar-refractivity contribution < 1.29 is 9.90 Å². The Bertz CT molecular complexity index is 993. The summed E-state index contributed by atoms with van der Waals surface area (Å²) in [5.41, 5.74) is 6.38. The van der Waals surface area contributed by atoms with E-state index in [2.05, 4.69) is 15.0 Å². The Labute approximate surface area is 165 Å². The van der Waals surface area contributed by atoms with Gasteiger partial charge in [0.05, 0.1) is 10.9 Å². The summed E-state index contributed by atoms with van der Waals surface area (Å²) < 4.78 is 1.47. The van der Waals surface area contributed by atoms with Crippen molar-refractivity contribution in [2.75, 3.05) is 13.1 Å². The number of rotatable bonds is 4. The average molecular weight is 406 g/mol. The van der Waals surface area contributed by atoms with E-state index in [1.807, 2.05) is 24.3 Å². The number of amides is 1. The second kappa shape index (κ2) is 7.10. The molecule has 1 aliphatic heterocycles. The van der Waals surface area contributed by atoms with Gasteiger partial charge in [-0.3, -0.25) is 9.69 Å². The van der Waals surface area contributed by atoms with Crippen LogP contribution in [0.1, 0.15) is 35.1 Å². The second-order valence-electron chi connectivity index (χ2n) is 6.78. The molecule has 3 N–H and O–H groups in total. The minimum Gasteiger partial charge on any atom is -0.492 e.